The molecule has 0 aliphatic rings. The van der Waals surface area contributed by atoms with E-state index >= 15 is 0 Å². The van der Waals surface area contributed by atoms with Crippen LogP contribution in [0, 0.1) is 5.92 Å². The van der Waals surface area contributed by atoms with Gasteiger partial charge >= 0.3 is 12.0 Å². The molecule has 1 rings (SSSR count). The molecule has 0 aromatic carbocycles. The van der Waals surface area contributed by atoms with Crippen molar-refractivity contribution in [1.29, 1.82) is 0 Å². The van der Waals surface area contributed by atoms with E-state index in [4.69, 9.17) is 9.47 Å². The van der Waals surface area contributed by atoms with Crippen molar-refractivity contribution in [1.82, 2.24) is 15.0 Å². The summed E-state index contributed by atoms with van der Waals surface area (Å²) in [7, 11) is 1.52. The lowest BCUT2D eigenvalue weighted by Crippen LogP contribution is -2.17. The molecule has 6 nitrogen and oxygen atoms in total. The number of anilines is 1. The van der Waals surface area contributed by atoms with E-state index in [0.29, 0.717) is 17.9 Å². The van der Waals surface area contributed by atoms with Crippen LogP contribution in [-0.4, -0.2) is 34.7 Å². The molecule has 0 aliphatic heterocycles. The second kappa shape index (κ2) is 6.98. The molecule has 1 N–H and O–H groups in total. The van der Waals surface area contributed by atoms with Crippen LogP contribution in [0.1, 0.15) is 34.1 Å². The summed E-state index contributed by atoms with van der Waals surface area (Å²) in [6.45, 7) is 9.01. The van der Waals surface area contributed by atoms with Gasteiger partial charge in [0.1, 0.15) is 0 Å². The number of nitrogens with zero attached hydrogens (tertiary/aromatic N) is 3. The van der Waals surface area contributed by atoms with Crippen molar-refractivity contribution in [2.75, 3.05) is 19.0 Å². The molecule has 102 valence electrons. The molecule has 0 aliphatic carbocycles. The van der Waals surface area contributed by atoms with Crippen molar-refractivity contribution < 1.29 is 9.47 Å². The highest BCUT2D eigenvalue weighted by Crippen LogP contribution is 2.16. The summed E-state index contributed by atoms with van der Waals surface area (Å²) in [6.07, 6.45) is 1.01. The summed E-state index contributed by atoms with van der Waals surface area (Å²) < 4.78 is 10.7. The average Bonchev–Trinajstić information content (AvgIpc) is 2.27. The van der Waals surface area contributed by atoms with Crippen LogP contribution in [0.3, 0.4) is 0 Å². The van der Waals surface area contributed by atoms with Gasteiger partial charge in [-0.2, -0.15) is 9.97 Å². The number of ether oxygens (including phenoxy) is 2. The first-order chi connectivity index (χ1) is 8.55. The van der Waals surface area contributed by atoms with Gasteiger partial charge in [0.25, 0.3) is 0 Å². The average molecular weight is 254 g/mol. The minimum absolute atomic E-state index is 0.0617. The number of hydrogen-bond donors (Lipinski definition) is 1. The molecule has 6 heteroatoms. The van der Waals surface area contributed by atoms with Gasteiger partial charge < -0.3 is 14.8 Å². The van der Waals surface area contributed by atoms with Gasteiger partial charge in [0.15, 0.2) is 0 Å². The fourth-order valence-corrected chi connectivity index (χ4v) is 1.61. The second-order valence-corrected chi connectivity index (χ2v) is 4.52. The normalized spacial score (nSPS) is 12.3. The maximum Gasteiger partial charge on any atom is 0.324 e. The zero-order valence-electron chi connectivity index (χ0n) is 11.7. The summed E-state index contributed by atoms with van der Waals surface area (Å²) in [5, 5.41) is 3.01. The van der Waals surface area contributed by atoms with Crippen molar-refractivity contribution in [2.24, 2.45) is 5.92 Å². The molecule has 0 bridgehead atoms. The molecule has 1 atom stereocenters. The van der Waals surface area contributed by atoms with E-state index in [1.54, 1.807) is 0 Å². The Hall–Kier alpha value is -1.59. The maximum absolute atomic E-state index is 5.67. The van der Waals surface area contributed by atoms with Crippen molar-refractivity contribution in [3.8, 4) is 12.0 Å². The van der Waals surface area contributed by atoms with Crippen LogP contribution >= 0.6 is 0 Å². The molecule has 0 radical (unpaired) electrons. The Morgan fingerprint density at radius 2 is 1.78 bits per heavy atom. The Bertz CT molecular complexity index is 371. The highest BCUT2D eigenvalue weighted by molar-refractivity contribution is 5.27. The maximum atomic E-state index is 5.67. The lowest BCUT2D eigenvalue weighted by Gasteiger charge is -2.15. The van der Waals surface area contributed by atoms with Gasteiger partial charge in [-0.25, -0.2) is 0 Å². The predicted octanol–water partition coefficient (Wildman–Crippen LogP) is 2.13. The number of aromatic nitrogens is 3. The summed E-state index contributed by atoms with van der Waals surface area (Å²) >= 11 is 0. The molecule has 18 heavy (non-hydrogen) atoms. The number of hydrogen-bond acceptors (Lipinski definition) is 6. The highest BCUT2D eigenvalue weighted by atomic mass is 16.5. The third-order valence-electron chi connectivity index (χ3n) is 2.22. The van der Waals surface area contributed by atoms with E-state index in [-0.39, 0.29) is 12.1 Å². The van der Waals surface area contributed by atoms with Gasteiger partial charge in [0.2, 0.25) is 5.95 Å². The molecule has 0 spiro atoms. The predicted molar refractivity (Wildman–Crippen MR) is 70.1 cm³/mol. The first-order valence-corrected chi connectivity index (χ1v) is 6.25. The molecule has 0 amide bonds. The summed E-state index contributed by atoms with van der Waals surface area (Å²) in [5.41, 5.74) is 0. The SMILES string of the molecule is CCNc1nc(OC)nc(OC(C)CC(C)C)n1. The Balaban J connectivity index is 2.77. The van der Waals surface area contributed by atoms with E-state index in [0.717, 1.165) is 13.0 Å². The van der Waals surface area contributed by atoms with E-state index in [9.17, 15) is 0 Å². The smallest absolute Gasteiger partial charge is 0.324 e. The van der Waals surface area contributed by atoms with Crippen molar-refractivity contribution in [2.45, 2.75) is 40.2 Å². The van der Waals surface area contributed by atoms with Crippen molar-refractivity contribution >= 4 is 5.95 Å². The van der Waals surface area contributed by atoms with Gasteiger partial charge in [0, 0.05) is 6.54 Å². The Morgan fingerprint density at radius 3 is 2.33 bits per heavy atom. The van der Waals surface area contributed by atoms with Crippen LogP contribution in [0.15, 0.2) is 0 Å². The molecule has 1 aromatic rings. The minimum atomic E-state index is 0.0617. The summed E-state index contributed by atoms with van der Waals surface area (Å²) in [4.78, 5) is 12.3. The zero-order valence-corrected chi connectivity index (χ0v) is 11.7. The van der Waals surface area contributed by atoms with E-state index in [2.05, 4.69) is 34.1 Å². The zero-order chi connectivity index (χ0) is 13.5. The third kappa shape index (κ3) is 4.73. The van der Waals surface area contributed by atoms with Gasteiger partial charge in [-0.15, -0.1) is 4.98 Å². The van der Waals surface area contributed by atoms with Gasteiger partial charge in [-0.3, -0.25) is 0 Å². The fourth-order valence-electron chi connectivity index (χ4n) is 1.61. The molecule has 0 saturated heterocycles. The number of nitrogens with one attached hydrogen (secondary N) is 1. The molecular weight excluding hydrogens is 232 g/mol. The molecule has 0 saturated carbocycles. The highest BCUT2D eigenvalue weighted by Gasteiger charge is 2.12. The molecule has 1 unspecified atom stereocenters. The summed E-state index contributed by atoms with van der Waals surface area (Å²) in [6, 6.07) is 0.554. The second-order valence-electron chi connectivity index (χ2n) is 4.52. The number of rotatable bonds is 7. The van der Waals surface area contributed by atoms with E-state index < -0.39 is 0 Å². The van der Waals surface area contributed by atoms with Crippen LogP contribution < -0.4 is 14.8 Å². The topological polar surface area (TPSA) is 69.2 Å². The van der Waals surface area contributed by atoms with Crippen LogP contribution in [-0.2, 0) is 0 Å². The number of methoxy groups -OCH3 is 1. The molecule has 0 fully saturated rings. The van der Waals surface area contributed by atoms with Gasteiger partial charge in [0.05, 0.1) is 13.2 Å². The Morgan fingerprint density at radius 1 is 1.11 bits per heavy atom. The first kappa shape index (κ1) is 14.5. The third-order valence-corrected chi connectivity index (χ3v) is 2.22. The van der Waals surface area contributed by atoms with Gasteiger partial charge in [-0.1, -0.05) is 13.8 Å². The minimum Gasteiger partial charge on any atom is -0.467 e. The fraction of sp³-hybridized carbons (Fsp3) is 0.750. The lowest BCUT2D eigenvalue weighted by molar-refractivity contribution is 0.175. The van der Waals surface area contributed by atoms with E-state index in [1.165, 1.54) is 7.11 Å². The monoisotopic (exact) mass is 254 g/mol. The van der Waals surface area contributed by atoms with Crippen LogP contribution in [0.4, 0.5) is 5.95 Å². The Labute approximate surface area is 108 Å². The van der Waals surface area contributed by atoms with Crippen LogP contribution in [0.5, 0.6) is 12.0 Å². The molecule has 1 heterocycles. The van der Waals surface area contributed by atoms with Crippen molar-refractivity contribution in [3.63, 3.8) is 0 Å². The van der Waals surface area contributed by atoms with E-state index in [1.807, 2.05) is 13.8 Å². The molecule has 1 aromatic heterocycles. The van der Waals surface area contributed by atoms with Crippen LogP contribution in [0.2, 0.25) is 0 Å². The van der Waals surface area contributed by atoms with Gasteiger partial charge in [-0.05, 0) is 26.2 Å². The summed E-state index contributed by atoms with van der Waals surface area (Å²) in [5.74, 6) is 1.04. The molecular formula is C12H22N4O2. The largest absolute Gasteiger partial charge is 0.467 e. The first-order valence-electron chi connectivity index (χ1n) is 6.25. The van der Waals surface area contributed by atoms with Crippen LogP contribution in [0.25, 0.3) is 0 Å². The van der Waals surface area contributed by atoms with Crippen molar-refractivity contribution in [3.05, 3.63) is 0 Å². The Kier molecular flexibility index (Phi) is 5.61. The quantitative estimate of drug-likeness (QED) is 0.803. The standard InChI is InChI=1S/C12H22N4O2/c1-6-13-10-14-11(17-5)16-12(15-10)18-9(4)7-8(2)3/h8-9H,6-7H2,1-5H3,(H,13,14,15,16). The lowest BCUT2D eigenvalue weighted by atomic mass is 10.1.